The van der Waals surface area contributed by atoms with Crippen molar-refractivity contribution in [2.75, 3.05) is 23.7 Å². The molecule has 0 saturated heterocycles. The van der Waals surface area contributed by atoms with E-state index in [4.69, 9.17) is 0 Å². The number of anilines is 1. The summed E-state index contributed by atoms with van der Waals surface area (Å²) in [6.07, 6.45) is 0.854. The smallest absolute Gasteiger partial charge is 0.243 e. The molecule has 0 aliphatic carbocycles. The van der Waals surface area contributed by atoms with Crippen LogP contribution in [0.1, 0.15) is 40.2 Å². The number of amides is 1. The predicted molar refractivity (Wildman–Crippen MR) is 148 cm³/mol. The predicted octanol–water partition coefficient (Wildman–Crippen LogP) is 4.70. The number of aromatic nitrogens is 3. The fourth-order valence-corrected chi connectivity index (χ4v) is 7.10. The van der Waals surface area contributed by atoms with Crippen LogP contribution in [0.5, 0.6) is 0 Å². The van der Waals surface area contributed by atoms with Crippen LogP contribution in [0.15, 0.2) is 58.6 Å². The minimum absolute atomic E-state index is 0.0374. The lowest BCUT2D eigenvalue weighted by Gasteiger charge is -2.22. The Morgan fingerprint density at radius 1 is 1.11 bits per heavy atom. The molecule has 0 fully saturated rings. The van der Waals surface area contributed by atoms with E-state index in [1.807, 2.05) is 47.6 Å². The van der Waals surface area contributed by atoms with Crippen molar-refractivity contribution in [1.29, 1.82) is 0 Å². The van der Waals surface area contributed by atoms with Gasteiger partial charge in [0.2, 0.25) is 15.9 Å². The molecular formula is C27H35N5O3S2. The van der Waals surface area contributed by atoms with E-state index >= 15 is 0 Å². The number of benzene rings is 2. The van der Waals surface area contributed by atoms with Gasteiger partial charge in [-0.15, -0.1) is 10.2 Å². The van der Waals surface area contributed by atoms with E-state index in [9.17, 15) is 13.2 Å². The molecule has 0 unspecified atom stereocenters. The Bertz CT molecular complexity index is 1370. The molecule has 0 saturated carbocycles. The standard InChI is InChI=1S/C27H35N5O3S2/c1-6-30(7-2)37(34,35)23-13-10-12-22(16-23)26-28-29-27(31(26)17-19(3)4)36-18-25(33)32-20(5)15-21-11-8-9-14-24(21)32/h8-14,16,19-20H,6-7,15,17-18H2,1-5H3/t20-/m0/s1. The van der Waals surface area contributed by atoms with E-state index in [-0.39, 0.29) is 22.6 Å². The number of hydrogen-bond donors (Lipinski definition) is 0. The molecule has 1 aliphatic heterocycles. The Hall–Kier alpha value is -2.69. The number of thioether (sulfide) groups is 1. The summed E-state index contributed by atoms with van der Waals surface area (Å²) in [5, 5.41) is 9.49. The maximum absolute atomic E-state index is 13.3. The number of nitrogens with zero attached hydrogens (tertiary/aromatic N) is 5. The maximum atomic E-state index is 13.3. The summed E-state index contributed by atoms with van der Waals surface area (Å²) >= 11 is 1.37. The molecular weight excluding hydrogens is 506 g/mol. The minimum Gasteiger partial charge on any atom is -0.308 e. The van der Waals surface area contributed by atoms with Crippen LogP contribution in [0.3, 0.4) is 0 Å². The van der Waals surface area contributed by atoms with Gasteiger partial charge in [0, 0.05) is 36.9 Å². The average molecular weight is 542 g/mol. The second kappa shape index (κ2) is 11.4. The van der Waals surface area contributed by atoms with Crippen molar-refractivity contribution in [2.45, 2.75) is 63.7 Å². The third-order valence-corrected chi connectivity index (χ3v) is 9.50. The highest BCUT2D eigenvalue weighted by molar-refractivity contribution is 7.99. The zero-order valence-corrected chi connectivity index (χ0v) is 23.7. The van der Waals surface area contributed by atoms with Crippen LogP contribution in [-0.4, -0.2) is 58.3 Å². The highest BCUT2D eigenvalue weighted by atomic mass is 32.2. The molecule has 10 heteroatoms. The fraction of sp³-hybridized carbons (Fsp3) is 0.444. The first-order chi connectivity index (χ1) is 17.7. The van der Waals surface area contributed by atoms with Crippen LogP contribution in [-0.2, 0) is 27.8 Å². The molecule has 2 heterocycles. The van der Waals surface area contributed by atoms with E-state index < -0.39 is 10.0 Å². The van der Waals surface area contributed by atoms with Crippen molar-refractivity contribution in [1.82, 2.24) is 19.1 Å². The van der Waals surface area contributed by atoms with Gasteiger partial charge >= 0.3 is 0 Å². The van der Waals surface area contributed by atoms with Gasteiger partial charge in [0.25, 0.3) is 0 Å². The van der Waals surface area contributed by atoms with Crippen LogP contribution in [0.2, 0.25) is 0 Å². The van der Waals surface area contributed by atoms with Crippen molar-refractivity contribution >= 4 is 33.4 Å². The lowest BCUT2D eigenvalue weighted by atomic mass is 10.1. The molecule has 0 N–H and O–H groups in total. The lowest BCUT2D eigenvalue weighted by molar-refractivity contribution is -0.116. The molecule has 1 amide bonds. The topological polar surface area (TPSA) is 88.4 Å². The normalized spacial score (nSPS) is 15.5. The van der Waals surface area contributed by atoms with Gasteiger partial charge in [0.05, 0.1) is 10.6 Å². The van der Waals surface area contributed by atoms with Crippen molar-refractivity contribution in [3.05, 3.63) is 54.1 Å². The molecule has 3 aromatic rings. The summed E-state index contributed by atoms with van der Waals surface area (Å²) < 4.78 is 29.6. The zero-order chi connectivity index (χ0) is 26.7. The highest BCUT2D eigenvalue weighted by Gasteiger charge is 2.31. The van der Waals surface area contributed by atoms with E-state index in [1.54, 1.807) is 18.2 Å². The number of hydrogen-bond acceptors (Lipinski definition) is 6. The number of sulfonamides is 1. The Labute approximate surface area is 224 Å². The van der Waals surface area contributed by atoms with E-state index in [2.05, 4.69) is 37.0 Å². The molecule has 0 bridgehead atoms. The number of carbonyl (C=O) groups excluding carboxylic acids is 1. The van der Waals surface area contributed by atoms with Gasteiger partial charge in [-0.25, -0.2) is 8.42 Å². The Morgan fingerprint density at radius 3 is 2.54 bits per heavy atom. The molecule has 37 heavy (non-hydrogen) atoms. The van der Waals surface area contributed by atoms with Crippen LogP contribution in [0.25, 0.3) is 11.4 Å². The summed E-state index contributed by atoms with van der Waals surface area (Å²) in [5.41, 5.74) is 2.86. The summed E-state index contributed by atoms with van der Waals surface area (Å²) in [6.45, 7) is 11.4. The van der Waals surface area contributed by atoms with Gasteiger partial charge in [0.1, 0.15) is 0 Å². The Balaban J connectivity index is 1.60. The van der Waals surface area contributed by atoms with Gasteiger partial charge in [0.15, 0.2) is 11.0 Å². The van der Waals surface area contributed by atoms with Gasteiger partial charge < -0.3 is 9.47 Å². The molecule has 1 aromatic heterocycles. The summed E-state index contributed by atoms with van der Waals surface area (Å²) in [5.74, 6) is 1.18. The Morgan fingerprint density at radius 2 is 1.84 bits per heavy atom. The average Bonchev–Trinajstić information content (AvgIpc) is 3.42. The van der Waals surface area contributed by atoms with Gasteiger partial charge in [-0.3, -0.25) is 4.79 Å². The first kappa shape index (κ1) is 27.3. The summed E-state index contributed by atoms with van der Waals surface area (Å²) in [7, 11) is -3.60. The van der Waals surface area contributed by atoms with Crippen LogP contribution in [0.4, 0.5) is 5.69 Å². The highest BCUT2D eigenvalue weighted by Crippen LogP contribution is 2.33. The van der Waals surface area contributed by atoms with E-state index in [0.717, 1.165) is 12.1 Å². The molecule has 1 atom stereocenters. The maximum Gasteiger partial charge on any atom is 0.243 e. The lowest BCUT2D eigenvalue weighted by Crippen LogP contribution is -2.37. The molecule has 0 spiro atoms. The second-order valence-corrected chi connectivity index (χ2v) is 12.5. The Kier molecular flexibility index (Phi) is 8.40. The molecule has 0 radical (unpaired) electrons. The molecule has 198 valence electrons. The molecule has 8 nitrogen and oxygen atoms in total. The van der Waals surface area contributed by atoms with Crippen molar-refractivity contribution < 1.29 is 13.2 Å². The van der Waals surface area contributed by atoms with Crippen molar-refractivity contribution in [3.8, 4) is 11.4 Å². The van der Waals surface area contributed by atoms with Crippen LogP contribution in [0, 0.1) is 5.92 Å². The number of fused-ring (bicyclic) bond motifs is 1. The number of rotatable bonds is 10. The van der Waals surface area contributed by atoms with Crippen LogP contribution < -0.4 is 4.90 Å². The molecule has 4 rings (SSSR count). The third kappa shape index (κ3) is 5.61. The monoisotopic (exact) mass is 541 g/mol. The first-order valence-corrected chi connectivity index (χ1v) is 15.2. The quantitative estimate of drug-likeness (QED) is 0.346. The van der Waals surface area contributed by atoms with Crippen molar-refractivity contribution in [2.24, 2.45) is 5.92 Å². The fourth-order valence-electron chi connectivity index (χ4n) is 4.79. The molecule has 1 aliphatic rings. The largest absolute Gasteiger partial charge is 0.308 e. The van der Waals surface area contributed by atoms with Gasteiger partial charge in [-0.05, 0) is 43.0 Å². The second-order valence-electron chi connectivity index (χ2n) is 9.66. The van der Waals surface area contributed by atoms with Gasteiger partial charge in [-0.1, -0.05) is 69.8 Å². The van der Waals surface area contributed by atoms with Crippen molar-refractivity contribution in [3.63, 3.8) is 0 Å². The zero-order valence-electron chi connectivity index (χ0n) is 22.1. The minimum atomic E-state index is -3.60. The molecule has 2 aromatic carbocycles. The number of carbonyl (C=O) groups is 1. The summed E-state index contributed by atoms with van der Waals surface area (Å²) in [6, 6.07) is 15.0. The first-order valence-electron chi connectivity index (χ1n) is 12.7. The summed E-state index contributed by atoms with van der Waals surface area (Å²) in [4.78, 5) is 15.4. The van der Waals surface area contributed by atoms with E-state index in [1.165, 1.54) is 21.6 Å². The SMILES string of the molecule is CCN(CC)S(=O)(=O)c1cccc(-c2nnc(SCC(=O)N3c4ccccc4C[C@@H]3C)n2CC(C)C)c1. The van der Waals surface area contributed by atoms with Crippen LogP contribution >= 0.6 is 11.8 Å². The van der Waals surface area contributed by atoms with Gasteiger partial charge in [-0.2, -0.15) is 4.31 Å². The van der Waals surface area contributed by atoms with E-state index in [0.29, 0.717) is 42.1 Å². The number of para-hydroxylation sites is 1. The third-order valence-electron chi connectivity index (χ3n) is 6.50.